The van der Waals surface area contributed by atoms with Crippen molar-refractivity contribution in [3.05, 3.63) is 12.2 Å². The number of nitrogens with two attached hydrogens (primary N) is 4. The molecule has 0 aromatic heterocycles. The van der Waals surface area contributed by atoms with E-state index in [-0.39, 0.29) is 12.2 Å². The Labute approximate surface area is 172 Å². The predicted molar refractivity (Wildman–Crippen MR) is 118 cm³/mol. The van der Waals surface area contributed by atoms with Crippen LogP contribution in [0.15, 0.2) is 12.2 Å². The Morgan fingerprint density at radius 3 is 1.75 bits per heavy atom. The van der Waals surface area contributed by atoms with Crippen molar-refractivity contribution < 1.29 is 9.53 Å². The maximum absolute atomic E-state index is 11.9. The quantitative estimate of drug-likeness (QED) is 0.147. The van der Waals surface area contributed by atoms with E-state index < -0.39 is 11.7 Å². The third-order valence-corrected chi connectivity index (χ3v) is 4.60. The Kier molecular flexibility index (Phi) is 15.6. The number of carbonyl (C=O) groups excluding carboxylic acids is 1. The largest absolute Gasteiger partial charge is 0.314 e. The molecular weight excluding hydrogens is 352 g/mol. The molecule has 6 nitrogen and oxygen atoms in total. The third-order valence-electron chi connectivity index (χ3n) is 4.60. The van der Waals surface area contributed by atoms with Crippen molar-refractivity contribution in [1.82, 2.24) is 0 Å². The van der Waals surface area contributed by atoms with Gasteiger partial charge in [-0.05, 0) is 39.0 Å². The summed E-state index contributed by atoms with van der Waals surface area (Å²) in [6.07, 6.45) is 21.0. The number of allylic oxidation sites excluding steroid dienone is 2. The van der Waals surface area contributed by atoms with Gasteiger partial charge < -0.3 is 4.74 Å². The molecule has 0 aliphatic heterocycles. The smallest absolute Gasteiger partial charge is 0.180 e. The lowest BCUT2D eigenvalue weighted by atomic mass is 10.0. The highest BCUT2D eigenvalue weighted by Crippen LogP contribution is 2.13. The number of ketones is 1. The molecule has 0 unspecified atom stereocenters. The Balaban J connectivity index is 3.49. The first-order valence-electron chi connectivity index (χ1n) is 11.2. The van der Waals surface area contributed by atoms with Crippen LogP contribution < -0.4 is 22.9 Å². The highest BCUT2D eigenvalue weighted by molar-refractivity contribution is 5.79. The number of hydrogen-bond donors (Lipinski definition) is 4. The molecule has 28 heavy (non-hydrogen) atoms. The zero-order chi connectivity index (χ0) is 21.3. The number of Topliss-reactive ketones (excluding diaryl/α,β-unsaturated/α-hetero) is 1. The molecule has 0 radical (unpaired) electrons. The molecule has 0 rings (SSSR count). The molecular formula is C22H46N4O2. The molecule has 0 saturated carbocycles. The maximum Gasteiger partial charge on any atom is 0.180 e. The van der Waals surface area contributed by atoms with E-state index in [4.69, 9.17) is 27.7 Å². The molecule has 0 heterocycles. The summed E-state index contributed by atoms with van der Waals surface area (Å²) in [4.78, 5) is 11.9. The minimum atomic E-state index is -1.61. The SMILES string of the molecule is CCCCCCCC/C=C\CCCCCCCC(=O)CC(N)(N)OC(C)(N)N. The van der Waals surface area contributed by atoms with Crippen LogP contribution >= 0.6 is 0 Å². The van der Waals surface area contributed by atoms with Crippen LogP contribution in [0, 0.1) is 0 Å². The summed E-state index contributed by atoms with van der Waals surface area (Å²) in [6, 6.07) is 0. The van der Waals surface area contributed by atoms with Crippen LogP contribution in [0.1, 0.15) is 110 Å². The summed E-state index contributed by atoms with van der Waals surface area (Å²) in [7, 11) is 0. The van der Waals surface area contributed by atoms with Crippen molar-refractivity contribution in [2.24, 2.45) is 22.9 Å². The fraction of sp³-hybridized carbons (Fsp3) is 0.864. The fourth-order valence-corrected chi connectivity index (χ4v) is 3.23. The standard InChI is InChI=1S/C22H46N4O2/c1-3-4-5-6-7-8-9-10-11-12-13-14-15-16-17-18-20(27)19-22(25,26)28-21(2,23)24/h10-11H,3-9,12-19,23-26H2,1-2H3/b11-10-. The molecule has 0 aliphatic carbocycles. The molecule has 8 N–H and O–H groups in total. The fourth-order valence-electron chi connectivity index (χ4n) is 3.23. The highest BCUT2D eigenvalue weighted by Gasteiger charge is 2.30. The average molecular weight is 399 g/mol. The number of unbranched alkanes of at least 4 members (excludes halogenated alkanes) is 11. The number of rotatable bonds is 19. The van der Waals surface area contributed by atoms with Gasteiger partial charge in [-0.3, -0.25) is 27.7 Å². The summed E-state index contributed by atoms with van der Waals surface area (Å²) >= 11 is 0. The van der Waals surface area contributed by atoms with Gasteiger partial charge in [0.25, 0.3) is 0 Å². The molecule has 0 amide bonds. The predicted octanol–water partition coefficient (Wildman–Crippen LogP) is 4.16. The van der Waals surface area contributed by atoms with Crippen LogP contribution in [-0.2, 0) is 9.53 Å². The van der Waals surface area contributed by atoms with Crippen LogP contribution in [0.2, 0.25) is 0 Å². The topological polar surface area (TPSA) is 130 Å². The second-order valence-corrected chi connectivity index (χ2v) is 8.29. The maximum atomic E-state index is 11.9. The molecule has 0 atom stereocenters. The van der Waals surface area contributed by atoms with Crippen molar-refractivity contribution in [1.29, 1.82) is 0 Å². The van der Waals surface area contributed by atoms with Gasteiger partial charge in [-0.15, -0.1) is 0 Å². The molecule has 0 saturated heterocycles. The third kappa shape index (κ3) is 20.0. The summed E-state index contributed by atoms with van der Waals surface area (Å²) in [5.41, 5.74) is 22.5. The van der Waals surface area contributed by atoms with Gasteiger partial charge in [-0.25, -0.2) is 0 Å². The van der Waals surface area contributed by atoms with Crippen molar-refractivity contribution >= 4 is 5.78 Å². The Morgan fingerprint density at radius 1 is 0.786 bits per heavy atom. The van der Waals surface area contributed by atoms with E-state index in [2.05, 4.69) is 19.1 Å². The second kappa shape index (κ2) is 16.1. The average Bonchev–Trinajstić information content (AvgIpc) is 2.55. The summed E-state index contributed by atoms with van der Waals surface area (Å²) < 4.78 is 5.11. The van der Waals surface area contributed by atoms with E-state index >= 15 is 0 Å². The van der Waals surface area contributed by atoms with Gasteiger partial charge in [0.05, 0.1) is 6.42 Å². The Hall–Kier alpha value is -0.790. The lowest BCUT2D eigenvalue weighted by Crippen LogP contribution is -2.63. The normalized spacial score (nSPS) is 12.8. The van der Waals surface area contributed by atoms with Gasteiger partial charge in [0.15, 0.2) is 11.7 Å². The van der Waals surface area contributed by atoms with Gasteiger partial charge in [-0.1, -0.05) is 70.4 Å². The van der Waals surface area contributed by atoms with Crippen LogP contribution in [0.5, 0.6) is 0 Å². The van der Waals surface area contributed by atoms with Crippen LogP contribution in [0.4, 0.5) is 0 Å². The van der Waals surface area contributed by atoms with Gasteiger partial charge in [0.1, 0.15) is 5.78 Å². The van der Waals surface area contributed by atoms with E-state index in [0.717, 1.165) is 25.7 Å². The zero-order valence-corrected chi connectivity index (χ0v) is 18.4. The molecule has 6 heteroatoms. The van der Waals surface area contributed by atoms with Crippen molar-refractivity contribution in [2.45, 2.75) is 122 Å². The van der Waals surface area contributed by atoms with Gasteiger partial charge in [0, 0.05) is 6.42 Å². The molecule has 0 bridgehead atoms. The monoisotopic (exact) mass is 398 g/mol. The molecule has 0 aliphatic rings. The Morgan fingerprint density at radius 2 is 1.25 bits per heavy atom. The van der Waals surface area contributed by atoms with Crippen LogP contribution in [0.3, 0.4) is 0 Å². The van der Waals surface area contributed by atoms with Crippen molar-refractivity contribution in [2.75, 3.05) is 0 Å². The van der Waals surface area contributed by atoms with Crippen LogP contribution in [0.25, 0.3) is 0 Å². The number of ether oxygens (including phenoxy) is 1. The Bertz CT molecular complexity index is 417. The van der Waals surface area contributed by atoms with Gasteiger partial charge in [0.2, 0.25) is 0 Å². The number of carbonyl (C=O) groups is 1. The van der Waals surface area contributed by atoms with E-state index in [0.29, 0.717) is 6.42 Å². The van der Waals surface area contributed by atoms with Gasteiger partial charge >= 0.3 is 0 Å². The minimum absolute atomic E-state index is 0.0214. The van der Waals surface area contributed by atoms with E-state index in [1.807, 2.05) is 0 Å². The van der Waals surface area contributed by atoms with Crippen molar-refractivity contribution in [3.8, 4) is 0 Å². The first-order valence-corrected chi connectivity index (χ1v) is 11.2. The summed E-state index contributed by atoms with van der Waals surface area (Å²) in [5.74, 6) is -3.09. The minimum Gasteiger partial charge on any atom is -0.314 e. The van der Waals surface area contributed by atoms with Crippen molar-refractivity contribution in [3.63, 3.8) is 0 Å². The zero-order valence-electron chi connectivity index (χ0n) is 18.4. The highest BCUT2D eigenvalue weighted by atomic mass is 16.6. The number of hydrogen-bond acceptors (Lipinski definition) is 6. The summed E-state index contributed by atoms with van der Waals surface area (Å²) in [6.45, 7) is 3.69. The first-order chi connectivity index (χ1) is 13.2. The molecule has 0 aromatic carbocycles. The van der Waals surface area contributed by atoms with E-state index in [1.165, 1.54) is 64.7 Å². The molecule has 0 aromatic rings. The second-order valence-electron chi connectivity index (χ2n) is 8.29. The van der Waals surface area contributed by atoms with E-state index in [9.17, 15) is 4.79 Å². The molecule has 166 valence electrons. The molecule has 0 spiro atoms. The molecule has 0 fully saturated rings. The lowest BCUT2D eigenvalue weighted by Gasteiger charge is -2.31. The first kappa shape index (κ1) is 27.2. The van der Waals surface area contributed by atoms with Crippen LogP contribution in [-0.4, -0.2) is 17.5 Å². The van der Waals surface area contributed by atoms with Gasteiger partial charge in [-0.2, -0.15) is 0 Å². The summed E-state index contributed by atoms with van der Waals surface area (Å²) in [5, 5.41) is 0. The van der Waals surface area contributed by atoms with E-state index in [1.54, 1.807) is 0 Å². The lowest BCUT2D eigenvalue weighted by molar-refractivity contribution is -0.152.